The fourth-order valence-corrected chi connectivity index (χ4v) is 2.61. The molecule has 0 heterocycles. The van der Waals surface area contributed by atoms with Crippen molar-refractivity contribution in [1.29, 1.82) is 0 Å². The monoisotopic (exact) mass is 364 g/mol. The Labute approximate surface area is 173 Å². The number of hydrogen-bond acceptors (Lipinski definition) is 9. The molecule has 12 heteroatoms. The summed E-state index contributed by atoms with van der Waals surface area (Å²) in [6.45, 7) is 0. The van der Waals surface area contributed by atoms with E-state index in [2.05, 4.69) is 9.37 Å². The van der Waals surface area contributed by atoms with Gasteiger partial charge in [-0.15, -0.1) is 0 Å². The summed E-state index contributed by atoms with van der Waals surface area (Å²) in [6.07, 6.45) is 0. The van der Waals surface area contributed by atoms with E-state index >= 15 is 0 Å². The summed E-state index contributed by atoms with van der Waals surface area (Å²) in [6, 6.07) is 4.45. The zero-order chi connectivity index (χ0) is 14.9. The summed E-state index contributed by atoms with van der Waals surface area (Å²) in [5.74, 6) is -0.997. The zero-order valence-corrected chi connectivity index (χ0v) is 17.1. The quantitative estimate of drug-likeness (QED) is 0.179. The Hall–Kier alpha value is 0.440. The van der Waals surface area contributed by atoms with Crippen LogP contribution in [0.1, 0.15) is 0 Å². The number of aromatic hydroxyl groups is 2. The Morgan fingerprint density at radius 3 is 2.09 bits per heavy atom. The van der Waals surface area contributed by atoms with E-state index in [4.69, 9.17) is 0 Å². The van der Waals surface area contributed by atoms with Gasteiger partial charge in [0.25, 0.3) is 0 Å². The van der Waals surface area contributed by atoms with E-state index in [0.29, 0.717) is 17.4 Å². The maximum absolute atomic E-state index is 11.0. The van der Waals surface area contributed by atoms with E-state index in [0.717, 1.165) is 12.1 Å². The second kappa shape index (κ2) is 9.06. The fourth-order valence-electron chi connectivity index (χ4n) is 1.60. The maximum atomic E-state index is 11.0. The van der Waals surface area contributed by atoms with Crippen LogP contribution in [0.2, 0.25) is 0 Å². The number of hydrogen-bond donors (Lipinski definition) is 2. The van der Waals surface area contributed by atoms with Crippen LogP contribution in [0.15, 0.2) is 34.1 Å². The van der Waals surface area contributed by atoms with Gasteiger partial charge in [0.15, 0.2) is 0 Å². The number of fused-ring (bicyclic) bond motifs is 1. The zero-order valence-electron chi connectivity index (χ0n) is 11.5. The van der Waals surface area contributed by atoms with Crippen molar-refractivity contribution in [3.05, 3.63) is 24.3 Å². The van der Waals surface area contributed by atoms with E-state index in [1.807, 2.05) is 0 Å². The average molecular weight is 364 g/mol. The van der Waals surface area contributed by atoms with Crippen molar-refractivity contribution in [2.45, 2.75) is 9.79 Å². The van der Waals surface area contributed by atoms with Gasteiger partial charge in [-0.05, 0) is 35.0 Å². The first-order valence-corrected chi connectivity index (χ1v) is 7.06. The predicted octanol–water partition coefficient (Wildman–Crippen LogP) is -5.61. The molecule has 0 atom stereocenters. The van der Waals surface area contributed by atoms with Crippen molar-refractivity contribution in [2.24, 2.45) is 0 Å². The molecule has 0 spiro atoms. The fraction of sp³-hybridized carbons (Fsp3) is 0. The summed E-state index contributed by atoms with van der Waals surface area (Å²) in [5, 5.41) is 32.5. The molecule has 0 bridgehead atoms. The van der Waals surface area contributed by atoms with Crippen molar-refractivity contribution in [3.63, 3.8) is 0 Å². The summed E-state index contributed by atoms with van der Waals surface area (Å²) in [5.41, 5.74) is 0. The predicted molar refractivity (Wildman–Crippen MR) is 63.3 cm³/mol. The molecule has 0 aromatic heterocycles. The molecule has 2 rings (SSSR count). The van der Waals surface area contributed by atoms with Crippen molar-refractivity contribution in [2.75, 3.05) is 0 Å². The molecular weight excluding hydrogens is 358 g/mol. The smallest absolute Gasteiger partial charge is 0.744 e. The summed E-state index contributed by atoms with van der Waals surface area (Å²) in [7, 11) is -4.84. The van der Waals surface area contributed by atoms with Gasteiger partial charge in [0, 0.05) is 0 Å². The molecule has 0 aliphatic carbocycles. The number of rotatable bonds is 4. The third-order valence-electron chi connectivity index (χ3n) is 2.42. The van der Waals surface area contributed by atoms with E-state index in [1.165, 1.54) is 12.1 Å². The van der Waals surface area contributed by atoms with Crippen molar-refractivity contribution < 1.29 is 96.9 Å². The standard InChI is InChI=1S/C10H8O8S2.2Na/c11-7-1-5-2-8(12)10(20(14,15)16)4-6(5)3-9(7)19-18-17-13;;/h1-4,11-13H,(H,14,15,16);;/q;2*+1/p-2. The van der Waals surface area contributed by atoms with Crippen LogP contribution >= 0.6 is 12.0 Å². The molecule has 8 nitrogen and oxygen atoms in total. The van der Waals surface area contributed by atoms with Crippen LogP contribution < -0.4 is 64.4 Å². The van der Waals surface area contributed by atoms with Gasteiger partial charge >= 0.3 is 59.1 Å². The molecule has 108 valence electrons. The normalized spacial score (nSPS) is 10.8. The Kier molecular flexibility index (Phi) is 9.24. The van der Waals surface area contributed by atoms with Crippen LogP contribution in [0.5, 0.6) is 11.5 Å². The van der Waals surface area contributed by atoms with Crippen LogP contribution in [-0.4, -0.2) is 23.2 Å². The molecule has 22 heavy (non-hydrogen) atoms. The van der Waals surface area contributed by atoms with Crippen LogP contribution in [0.3, 0.4) is 0 Å². The Morgan fingerprint density at radius 2 is 1.55 bits per heavy atom. The van der Waals surface area contributed by atoms with Gasteiger partial charge in [-0.2, -0.15) is 4.33 Å². The molecule has 0 aliphatic rings. The maximum Gasteiger partial charge on any atom is 1.00 e. The number of benzene rings is 2. The summed E-state index contributed by atoms with van der Waals surface area (Å²) >= 11 is 0.405. The van der Waals surface area contributed by atoms with E-state index in [9.17, 15) is 28.4 Å². The van der Waals surface area contributed by atoms with Gasteiger partial charge in [-0.25, -0.2) is 8.42 Å². The second-order valence-corrected chi connectivity index (χ2v) is 5.75. The molecule has 0 aliphatic heterocycles. The SMILES string of the molecule is O=S(=O)([O-])c1cc2cc(SOO[O-])c(O)cc2cc1O.[Na+].[Na+]. The molecule has 0 saturated carbocycles. The van der Waals surface area contributed by atoms with Gasteiger partial charge in [0.05, 0.1) is 21.8 Å². The molecule has 2 aromatic rings. The van der Waals surface area contributed by atoms with Crippen LogP contribution in [0.4, 0.5) is 0 Å². The molecule has 2 aromatic carbocycles. The summed E-state index contributed by atoms with van der Waals surface area (Å²) < 4.78 is 36.9. The van der Waals surface area contributed by atoms with Gasteiger partial charge in [0.2, 0.25) is 0 Å². The van der Waals surface area contributed by atoms with Crippen LogP contribution in [0.25, 0.3) is 10.8 Å². The first-order valence-electron chi connectivity index (χ1n) is 4.91. The molecule has 0 radical (unpaired) electrons. The van der Waals surface area contributed by atoms with Crippen molar-refractivity contribution in [3.8, 4) is 11.5 Å². The minimum absolute atomic E-state index is 0. The Balaban J connectivity index is 0.00000220. The van der Waals surface area contributed by atoms with Gasteiger partial charge in [-0.3, -0.25) is 5.04 Å². The number of phenols is 2. The minimum atomic E-state index is -4.84. The van der Waals surface area contributed by atoms with E-state index in [-0.39, 0.29) is 75.1 Å². The average Bonchev–Trinajstić information content (AvgIpc) is 2.34. The molecular formula is C10H6Na2O8S2. The minimum Gasteiger partial charge on any atom is -0.744 e. The third kappa shape index (κ3) is 5.23. The Bertz CT molecular complexity index is 765. The van der Waals surface area contributed by atoms with Crippen LogP contribution in [0, 0.1) is 0 Å². The first-order chi connectivity index (χ1) is 9.32. The van der Waals surface area contributed by atoms with Gasteiger partial charge < -0.3 is 20.0 Å². The Morgan fingerprint density at radius 1 is 1.00 bits per heavy atom. The van der Waals surface area contributed by atoms with Gasteiger partial charge in [0.1, 0.15) is 21.6 Å². The van der Waals surface area contributed by atoms with E-state index in [1.54, 1.807) is 0 Å². The molecule has 0 fully saturated rings. The number of phenolic OH excluding ortho intramolecular Hbond substituents is 2. The third-order valence-corrected chi connectivity index (χ3v) is 3.91. The van der Waals surface area contributed by atoms with Crippen molar-refractivity contribution >= 4 is 32.9 Å². The van der Waals surface area contributed by atoms with Gasteiger partial charge in [-0.1, -0.05) is 0 Å². The largest absolute Gasteiger partial charge is 1.00 e. The van der Waals surface area contributed by atoms with E-state index < -0.39 is 20.8 Å². The molecule has 0 unspecified atom stereocenters. The molecule has 2 N–H and O–H groups in total. The van der Waals surface area contributed by atoms with Crippen molar-refractivity contribution in [1.82, 2.24) is 0 Å². The summed E-state index contributed by atoms with van der Waals surface area (Å²) in [4.78, 5) is -0.721. The molecule has 0 saturated heterocycles. The first kappa shape index (κ1) is 22.4. The second-order valence-electron chi connectivity index (χ2n) is 3.66. The van der Waals surface area contributed by atoms with Crippen LogP contribution in [-0.2, 0) is 19.5 Å². The molecule has 0 amide bonds. The topological polar surface area (TPSA) is 139 Å².